The Bertz CT molecular complexity index is 446. The van der Waals surface area contributed by atoms with Crippen LogP contribution < -0.4 is 5.32 Å². The Morgan fingerprint density at radius 2 is 2.18 bits per heavy atom. The summed E-state index contributed by atoms with van der Waals surface area (Å²) in [5.74, 6) is -0.272. The molecule has 2 aliphatic rings. The Kier molecular flexibility index (Phi) is 3.55. The molecule has 8 heteroatoms. The van der Waals surface area contributed by atoms with Crippen molar-refractivity contribution in [1.82, 2.24) is 5.32 Å². The molecule has 2 rings (SSSR count). The maximum absolute atomic E-state index is 11.9. The third-order valence-electron chi connectivity index (χ3n) is 3.18. The zero-order chi connectivity index (χ0) is 12.6. The lowest BCUT2D eigenvalue weighted by atomic mass is 10.1. The molecule has 0 amide bonds. The molecule has 0 aliphatic carbocycles. The van der Waals surface area contributed by atoms with Gasteiger partial charge in [0.05, 0.1) is 29.6 Å². The van der Waals surface area contributed by atoms with Crippen LogP contribution >= 0.6 is 0 Å². The fraction of sp³-hybridized carbons (Fsp3) is 0.889. The van der Waals surface area contributed by atoms with E-state index in [2.05, 4.69) is 10.1 Å². The average Bonchev–Trinajstić information content (AvgIpc) is 2.28. The predicted molar refractivity (Wildman–Crippen MR) is 62.8 cm³/mol. The Morgan fingerprint density at radius 1 is 1.47 bits per heavy atom. The maximum atomic E-state index is 11.9. The zero-order valence-electron chi connectivity index (χ0n) is 9.42. The minimum Gasteiger partial charge on any atom is -0.468 e. The van der Waals surface area contributed by atoms with Crippen molar-refractivity contribution in [3.63, 3.8) is 0 Å². The molecule has 0 aromatic rings. The smallest absolute Gasteiger partial charge is 0.323 e. The third-order valence-corrected chi connectivity index (χ3v) is 6.94. The standard InChI is InChI=1S/C9H15NO5S2/c1-15-9(11)7-4-16(12)8-5-17(13,14)3-2-6(8)10-7/h6-8,10H,2-5H2,1H3. The first kappa shape index (κ1) is 13.0. The lowest BCUT2D eigenvalue weighted by Crippen LogP contribution is -2.62. The highest BCUT2D eigenvalue weighted by atomic mass is 32.2. The van der Waals surface area contributed by atoms with Crippen LogP contribution in [0.15, 0.2) is 0 Å². The van der Waals surface area contributed by atoms with Crippen LogP contribution in [0.3, 0.4) is 0 Å². The molecular weight excluding hydrogens is 266 g/mol. The van der Waals surface area contributed by atoms with E-state index in [1.165, 1.54) is 7.11 Å². The Morgan fingerprint density at radius 3 is 2.82 bits per heavy atom. The lowest BCUT2D eigenvalue weighted by Gasteiger charge is -2.38. The van der Waals surface area contributed by atoms with Crippen LogP contribution in [0.25, 0.3) is 0 Å². The third kappa shape index (κ3) is 2.69. The first-order valence-electron chi connectivity index (χ1n) is 5.34. The number of fused-ring (bicyclic) bond motifs is 1. The summed E-state index contributed by atoms with van der Waals surface area (Å²) >= 11 is 0. The van der Waals surface area contributed by atoms with E-state index in [9.17, 15) is 17.4 Å². The summed E-state index contributed by atoms with van der Waals surface area (Å²) in [6.45, 7) is 0. The Hall–Kier alpha value is -0.470. The number of hydrogen-bond acceptors (Lipinski definition) is 6. The van der Waals surface area contributed by atoms with E-state index < -0.39 is 37.9 Å². The first-order valence-corrected chi connectivity index (χ1v) is 8.55. The number of nitrogens with one attached hydrogen (secondary N) is 1. The highest BCUT2D eigenvalue weighted by molar-refractivity contribution is 7.93. The summed E-state index contributed by atoms with van der Waals surface area (Å²) in [6, 6.07) is -0.750. The normalized spacial score (nSPS) is 40.3. The first-order chi connectivity index (χ1) is 7.93. The summed E-state index contributed by atoms with van der Waals surface area (Å²) in [5, 5.41) is 2.65. The minimum absolute atomic E-state index is 0.0504. The van der Waals surface area contributed by atoms with Crippen LogP contribution in [0, 0.1) is 0 Å². The van der Waals surface area contributed by atoms with E-state index in [0.29, 0.717) is 6.42 Å². The molecule has 2 aliphatic heterocycles. The molecule has 17 heavy (non-hydrogen) atoms. The summed E-state index contributed by atoms with van der Waals surface area (Å²) < 4.78 is 39.5. The van der Waals surface area contributed by atoms with Crippen LogP contribution in [0.2, 0.25) is 0 Å². The molecule has 0 saturated carbocycles. The summed E-state index contributed by atoms with van der Waals surface area (Å²) in [6.07, 6.45) is 0.409. The Balaban J connectivity index is 2.13. The van der Waals surface area contributed by atoms with Gasteiger partial charge in [-0.05, 0) is 6.42 Å². The zero-order valence-corrected chi connectivity index (χ0v) is 11.1. The van der Waals surface area contributed by atoms with Gasteiger partial charge in [-0.25, -0.2) is 8.42 Å². The van der Waals surface area contributed by atoms with E-state index in [0.717, 1.165) is 0 Å². The van der Waals surface area contributed by atoms with Gasteiger partial charge in [-0.1, -0.05) is 0 Å². The van der Waals surface area contributed by atoms with Crippen LogP contribution in [0.1, 0.15) is 6.42 Å². The molecule has 4 unspecified atom stereocenters. The molecular formula is C9H15NO5S2. The molecule has 0 aromatic carbocycles. The van der Waals surface area contributed by atoms with Gasteiger partial charge in [0, 0.05) is 16.8 Å². The van der Waals surface area contributed by atoms with E-state index in [1.54, 1.807) is 0 Å². The van der Waals surface area contributed by atoms with Gasteiger partial charge in [0.2, 0.25) is 0 Å². The lowest BCUT2D eigenvalue weighted by molar-refractivity contribution is -0.142. The molecule has 0 spiro atoms. The van der Waals surface area contributed by atoms with E-state index in [-0.39, 0.29) is 23.3 Å². The largest absolute Gasteiger partial charge is 0.468 e. The van der Waals surface area contributed by atoms with Crippen molar-refractivity contribution in [2.75, 3.05) is 24.4 Å². The fourth-order valence-corrected chi connectivity index (χ4v) is 6.40. The molecule has 2 fully saturated rings. The molecule has 2 saturated heterocycles. The topological polar surface area (TPSA) is 89.5 Å². The summed E-state index contributed by atoms with van der Waals surface area (Å²) in [5.41, 5.74) is 0. The number of rotatable bonds is 1. The van der Waals surface area contributed by atoms with Crippen molar-refractivity contribution < 1.29 is 22.2 Å². The molecule has 6 nitrogen and oxygen atoms in total. The number of hydrogen-bond donors (Lipinski definition) is 1. The molecule has 4 atom stereocenters. The van der Waals surface area contributed by atoms with Gasteiger partial charge < -0.3 is 4.74 Å². The van der Waals surface area contributed by atoms with Gasteiger partial charge in [0.15, 0.2) is 9.84 Å². The van der Waals surface area contributed by atoms with Gasteiger partial charge in [-0.2, -0.15) is 0 Å². The van der Waals surface area contributed by atoms with Gasteiger partial charge in [-0.15, -0.1) is 0 Å². The second-order valence-corrected chi connectivity index (χ2v) is 8.27. The van der Waals surface area contributed by atoms with Crippen molar-refractivity contribution in [3.8, 4) is 0 Å². The molecule has 0 bridgehead atoms. The number of ether oxygens (including phenoxy) is 1. The van der Waals surface area contributed by atoms with Gasteiger partial charge in [0.1, 0.15) is 6.04 Å². The molecule has 0 radical (unpaired) electrons. The monoisotopic (exact) mass is 281 g/mol. The quantitative estimate of drug-likeness (QED) is 0.584. The van der Waals surface area contributed by atoms with E-state index >= 15 is 0 Å². The molecule has 0 aromatic heterocycles. The van der Waals surface area contributed by atoms with Crippen molar-refractivity contribution in [1.29, 1.82) is 0 Å². The van der Waals surface area contributed by atoms with Crippen molar-refractivity contribution in [2.24, 2.45) is 0 Å². The number of carbonyl (C=O) groups excluding carboxylic acids is 1. The maximum Gasteiger partial charge on any atom is 0.323 e. The van der Waals surface area contributed by atoms with Gasteiger partial charge in [0.25, 0.3) is 0 Å². The van der Waals surface area contributed by atoms with Crippen LogP contribution in [0.4, 0.5) is 0 Å². The summed E-state index contributed by atoms with van der Waals surface area (Å²) in [4.78, 5) is 11.4. The van der Waals surface area contributed by atoms with Crippen LogP contribution in [-0.2, 0) is 30.2 Å². The second-order valence-electron chi connectivity index (χ2n) is 4.34. The molecule has 98 valence electrons. The number of esters is 1. The number of sulfone groups is 1. The second kappa shape index (κ2) is 4.66. The Labute approximate surface area is 102 Å². The summed E-state index contributed by atoms with van der Waals surface area (Å²) in [7, 11) is -3.09. The number of carbonyl (C=O) groups is 1. The molecule has 1 N–H and O–H groups in total. The van der Waals surface area contributed by atoms with Gasteiger partial charge >= 0.3 is 5.97 Å². The highest BCUT2D eigenvalue weighted by Gasteiger charge is 2.43. The predicted octanol–water partition coefficient (Wildman–Crippen LogP) is -1.56. The highest BCUT2D eigenvalue weighted by Crippen LogP contribution is 2.22. The van der Waals surface area contributed by atoms with E-state index in [4.69, 9.17) is 0 Å². The van der Waals surface area contributed by atoms with Crippen molar-refractivity contribution >= 4 is 26.6 Å². The van der Waals surface area contributed by atoms with Crippen molar-refractivity contribution in [3.05, 3.63) is 0 Å². The molecule has 2 heterocycles. The van der Waals surface area contributed by atoms with Crippen molar-refractivity contribution in [2.45, 2.75) is 23.8 Å². The van der Waals surface area contributed by atoms with Gasteiger partial charge in [-0.3, -0.25) is 14.3 Å². The minimum atomic E-state index is -3.08. The van der Waals surface area contributed by atoms with Crippen LogP contribution in [-0.4, -0.2) is 60.3 Å². The van der Waals surface area contributed by atoms with Crippen LogP contribution in [0.5, 0.6) is 0 Å². The average molecular weight is 281 g/mol. The van der Waals surface area contributed by atoms with E-state index in [1.807, 2.05) is 0 Å². The number of methoxy groups -OCH3 is 1. The fourth-order valence-electron chi connectivity index (χ4n) is 2.26. The SMILES string of the molecule is COC(=O)C1CS(=O)C2CS(=O)(=O)CCC2N1.